The van der Waals surface area contributed by atoms with Crippen LogP contribution < -0.4 is 0 Å². The number of rotatable bonds is 2. The van der Waals surface area contributed by atoms with E-state index in [4.69, 9.17) is 0 Å². The van der Waals surface area contributed by atoms with E-state index < -0.39 is 0 Å². The van der Waals surface area contributed by atoms with Gasteiger partial charge in [0.05, 0.1) is 0 Å². The molecule has 1 aliphatic carbocycles. The normalized spacial score (nSPS) is 25.4. The molecule has 12 heavy (non-hydrogen) atoms. The average Bonchev–Trinajstić information content (AvgIpc) is 2.03. The Kier molecular flexibility index (Phi) is 3.51. The van der Waals surface area contributed by atoms with Crippen LogP contribution in [0.4, 0.5) is 0 Å². The molecule has 1 heteroatoms. The first-order chi connectivity index (χ1) is 5.74. The number of aliphatic imine (C=N–C) groups is 1. The van der Waals surface area contributed by atoms with E-state index in [0.717, 1.165) is 12.5 Å². The number of hydrogen-bond acceptors (Lipinski definition) is 1. The molecule has 0 bridgehead atoms. The first kappa shape index (κ1) is 9.50. The van der Waals surface area contributed by atoms with Crippen molar-refractivity contribution in [2.45, 2.75) is 40.0 Å². The number of allylic oxidation sites excluding steroid dienone is 2. The maximum absolute atomic E-state index is 4.29. The smallest absolute Gasteiger partial charge is 0.0361 e. The molecule has 0 saturated heterocycles. The Balaban J connectivity index is 2.62. The minimum atomic E-state index is 0.878. The fourth-order valence-electron chi connectivity index (χ4n) is 1.75. The molecule has 0 spiro atoms. The van der Waals surface area contributed by atoms with E-state index in [0.29, 0.717) is 0 Å². The van der Waals surface area contributed by atoms with Crippen molar-refractivity contribution in [2.75, 3.05) is 6.54 Å². The van der Waals surface area contributed by atoms with Gasteiger partial charge in [-0.3, -0.25) is 4.99 Å². The summed E-state index contributed by atoms with van der Waals surface area (Å²) in [4.78, 5) is 4.29. The van der Waals surface area contributed by atoms with E-state index in [9.17, 15) is 0 Å². The van der Waals surface area contributed by atoms with Gasteiger partial charge in [0.1, 0.15) is 0 Å². The zero-order chi connectivity index (χ0) is 8.97. The van der Waals surface area contributed by atoms with Crippen molar-refractivity contribution in [1.82, 2.24) is 0 Å². The van der Waals surface area contributed by atoms with Crippen molar-refractivity contribution in [2.24, 2.45) is 10.9 Å². The van der Waals surface area contributed by atoms with Gasteiger partial charge in [0, 0.05) is 12.8 Å². The summed E-state index contributed by atoms with van der Waals surface area (Å²) >= 11 is 0. The van der Waals surface area contributed by atoms with Crippen LogP contribution in [0.3, 0.4) is 0 Å². The van der Waals surface area contributed by atoms with Crippen molar-refractivity contribution < 1.29 is 0 Å². The van der Waals surface area contributed by atoms with Gasteiger partial charge < -0.3 is 0 Å². The van der Waals surface area contributed by atoms with Gasteiger partial charge in [0.2, 0.25) is 0 Å². The summed E-state index contributed by atoms with van der Waals surface area (Å²) in [5.41, 5.74) is 3.03. The van der Waals surface area contributed by atoms with Gasteiger partial charge >= 0.3 is 0 Å². The molecule has 1 unspecified atom stereocenters. The predicted octanol–water partition coefficient (Wildman–Crippen LogP) is 3.21. The molecule has 0 aromatic carbocycles. The maximum Gasteiger partial charge on any atom is 0.0361 e. The zero-order valence-corrected chi connectivity index (χ0v) is 8.43. The molecule has 0 aliphatic heterocycles. The van der Waals surface area contributed by atoms with Crippen molar-refractivity contribution in [3.63, 3.8) is 0 Å². The van der Waals surface area contributed by atoms with Crippen LogP contribution in [0.2, 0.25) is 0 Å². The van der Waals surface area contributed by atoms with Crippen molar-refractivity contribution in [3.05, 3.63) is 11.1 Å². The van der Waals surface area contributed by atoms with Crippen molar-refractivity contribution in [1.29, 1.82) is 0 Å². The minimum Gasteiger partial charge on any atom is -0.293 e. The fraction of sp³-hybridized carbons (Fsp3) is 0.727. The maximum atomic E-state index is 4.29. The Bertz CT molecular complexity index is 201. The van der Waals surface area contributed by atoms with Crippen molar-refractivity contribution in [3.8, 4) is 0 Å². The lowest BCUT2D eigenvalue weighted by atomic mass is 9.86. The van der Waals surface area contributed by atoms with E-state index >= 15 is 0 Å². The van der Waals surface area contributed by atoms with E-state index in [-0.39, 0.29) is 0 Å². The highest BCUT2D eigenvalue weighted by molar-refractivity contribution is 5.79. The molecule has 0 fully saturated rings. The molecular formula is C11H19N. The van der Waals surface area contributed by atoms with E-state index in [1.807, 2.05) is 0 Å². The third-order valence-electron chi connectivity index (χ3n) is 2.54. The summed E-state index contributed by atoms with van der Waals surface area (Å²) in [5.74, 6) is 0.878. The molecule has 68 valence electrons. The quantitative estimate of drug-likeness (QED) is 0.557. The topological polar surface area (TPSA) is 12.4 Å². The lowest BCUT2D eigenvalue weighted by molar-refractivity contribution is 0.504. The predicted molar refractivity (Wildman–Crippen MR) is 54.7 cm³/mol. The Morgan fingerprint density at radius 3 is 2.92 bits per heavy atom. The summed E-state index contributed by atoms with van der Waals surface area (Å²) in [6.07, 6.45) is 5.91. The molecule has 1 rings (SSSR count). The van der Waals surface area contributed by atoms with Crippen LogP contribution in [0, 0.1) is 5.92 Å². The Morgan fingerprint density at radius 1 is 1.58 bits per heavy atom. The first-order valence-electron chi connectivity index (χ1n) is 4.92. The van der Waals surface area contributed by atoms with Crippen LogP contribution in [0.1, 0.15) is 40.0 Å². The standard InChI is InChI=1S/C11H19N/c1-4-12-8-11-6-5-9(2)7-10(11)3/h8-9H,4-7H2,1-3H3/b12-8-. The van der Waals surface area contributed by atoms with Gasteiger partial charge in [-0.05, 0) is 44.6 Å². The summed E-state index contributed by atoms with van der Waals surface area (Å²) in [7, 11) is 0. The third-order valence-corrected chi connectivity index (χ3v) is 2.54. The molecule has 0 aromatic rings. The zero-order valence-electron chi connectivity index (χ0n) is 8.43. The number of hydrogen-bond donors (Lipinski definition) is 0. The summed E-state index contributed by atoms with van der Waals surface area (Å²) in [6.45, 7) is 7.56. The van der Waals surface area contributed by atoms with E-state index in [1.54, 1.807) is 5.57 Å². The monoisotopic (exact) mass is 165 g/mol. The molecule has 0 aromatic heterocycles. The molecule has 1 aliphatic rings. The van der Waals surface area contributed by atoms with Crippen LogP contribution in [0.25, 0.3) is 0 Å². The van der Waals surface area contributed by atoms with Crippen molar-refractivity contribution >= 4 is 6.21 Å². The van der Waals surface area contributed by atoms with Gasteiger partial charge in [-0.15, -0.1) is 0 Å². The highest BCUT2D eigenvalue weighted by Crippen LogP contribution is 2.27. The molecule has 0 amide bonds. The number of nitrogens with zero attached hydrogens (tertiary/aromatic N) is 1. The summed E-state index contributed by atoms with van der Waals surface area (Å²) in [6, 6.07) is 0. The van der Waals surface area contributed by atoms with Crippen LogP contribution >= 0.6 is 0 Å². The highest BCUT2D eigenvalue weighted by Gasteiger charge is 2.12. The molecule has 0 saturated carbocycles. The lowest BCUT2D eigenvalue weighted by Crippen LogP contribution is -2.06. The highest BCUT2D eigenvalue weighted by atomic mass is 14.7. The summed E-state index contributed by atoms with van der Waals surface area (Å²) < 4.78 is 0. The minimum absolute atomic E-state index is 0.878. The van der Waals surface area contributed by atoms with E-state index in [2.05, 4.69) is 32.0 Å². The van der Waals surface area contributed by atoms with Gasteiger partial charge in [0.15, 0.2) is 0 Å². The Hall–Kier alpha value is -0.590. The molecule has 0 heterocycles. The molecular weight excluding hydrogens is 146 g/mol. The third kappa shape index (κ3) is 2.47. The Morgan fingerprint density at radius 2 is 2.33 bits per heavy atom. The lowest BCUT2D eigenvalue weighted by Gasteiger charge is -2.20. The first-order valence-corrected chi connectivity index (χ1v) is 4.92. The van der Waals surface area contributed by atoms with Crippen LogP contribution in [-0.2, 0) is 0 Å². The van der Waals surface area contributed by atoms with Crippen LogP contribution in [-0.4, -0.2) is 12.8 Å². The largest absolute Gasteiger partial charge is 0.293 e. The van der Waals surface area contributed by atoms with Gasteiger partial charge in [0.25, 0.3) is 0 Å². The molecule has 0 N–H and O–H groups in total. The average molecular weight is 165 g/mol. The van der Waals surface area contributed by atoms with Gasteiger partial charge in [-0.1, -0.05) is 12.5 Å². The fourth-order valence-corrected chi connectivity index (χ4v) is 1.75. The van der Waals surface area contributed by atoms with E-state index in [1.165, 1.54) is 24.8 Å². The summed E-state index contributed by atoms with van der Waals surface area (Å²) in [5, 5.41) is 0. The van der Waals surface area contributed by atoms with Crippen LogP contribution in [0.5, 0.6) is 0 Å². The van der Waals surface area contributed by atoms with Gasteiger partial charge in [-0.25, -0.2) is 0 Å². The Labute approximate surface area is 75.6 Å². The second-order valence-electron chi connectivity index (χ2n) is 3.78. The molecule has 1 atom stereocenters. The van der Waals surface area contributed by atoms with Crippen LogP contribution in [0.15, 0.2) is 16.1 Å². The molecule has 0 radical (unpaired) electrons. The second kappa shape index (κ2) is 4.44. The van der Waals surface area contributed by atoms with Gasteiger partial charge in [-0.2, -0.15) is 0 Å². The second-order valence-corrected chi connectivity index (χ2v) is 3.78. The SMILES string of the molecule is CC/N=C\C1=C(C)CC(C)CC1. The molecule has 1 nitrogen and oxygen atoms in total.